The Balaban J connectivity index is 2.88. The lowest BCUT2D eigenvalue weighted by Gasteiger charge is -1.99. The molecule has 1 aromatic carbocycles. The maximum Gasteiger partial charge on any atom is 0.336 e. The van der Waals surface area contributed by atoms with Crippen LogP contribution in [0.15, 0.2) is 33.5 Å². The van der Waals surface area contributed by atoms with E-state index in [1.54, 1.807) is 18.2 Å². The van der Waals surface area contributed by atoms with Crippen LogP contribution >= 0.6 is 0 Å². The standard InChI is InChI=1S/C11H8O3/c1-7-4-11(13)14-10-5-8(6-12)2-3-9(7)10/h2-6H,1H3. The lowest BCUT2D eigenvalue weighted by molar-refractivity contribution is 0.112. The SMILES string of the molecule is Cc1cc(=O)oc2cc(C=O)ccc12. The minimum atomic E-state index is -0.391. The van der Waals surface area contributed by atoms with E-state index < -0.39 is 5.63 Å². The number of aldehydes is 1. The number of benzene rings is 1. The van der Waals surface area contributed by atoms with Gasteiger partial charge in [-0.05, 0) is 18.6 Å². The second-order valence-electron chi connectivity index (χ2n) is 3.12. The smallest absolute Gasteiger partial charge is 0.336 e. The molecule has 2 aromatic rings. The van der Waals surface area contributed by atoms with Gasteiger partial charge in [0.2, 0.25) is 0 Å². The molecule has 0 saturated carbocycles. The van der Waals surface area contributed by atoms with E-state index in [2.05, 4.69) is 0 Å². The zero-order chi connectivity index (χ0) is 10.1. The van der Waals surface area contributed by atoms with Crippen LogP contribution in [0.4, 0.5) is 0 Å². The zero-order valence-corrected chi connectivity index (χ0v) is 7.61. The predicted molar refractivity (Wildman–Crippen MR) is 52.6 cm³/mol. The van der Waals surface area contributed by atoms with Gasteiger partial charge in [0, 0.05) is 17.0 Å². The van der Waals surface area contributed by atoms with Crippen molar-refractivity contribution in [2.45, 2.75) is 6.92 Å². The van der Waals surface area contributed by atoms with Crippen molar-refractivity contribution in [3.8, 4) is 0 Å². The van der Waals surface area contributed by atoms with Crippen molar-refractivity contribution in [3.05, 3.63) is 45.8 Å². The summed E-state index contributed by atoms with van der Waals surface area (Å²) in [4.78, 5) is 21.5. The fourth-order valence-corrected chi connectivity index (χ4v) is 1.41. The number of fused-ring (bicyclic) bond motifs is 1. The van der Waals surface area contributed by atoms with Crippen LogP contribution in [-0.4, -0.2) is 6.29 Å². The second kappa shape index (κ2) is 3.10. The van der Waals surface area contributed by atoms with Crippen molar-refractivity contribution < 1.29 is 9.21 Å². The van der Waals surface area contributed by atoms with Gasteiger partial charge in [0.05, 0.1) is 0 Å². The largest absolute Gasteiger partial charge is 0.423 e. The third-order valence-electron chi connectivity index (χ3n) is 2.11. The molecular formula is C11H8O3. The molecule has 70 valence electrons. The summed E-state index contributed by atoms with van der Waals surface area (Å²) in [6.45, 7) is 1.83. The molecule has 3 nitrogen and oxygen atoms in total. The highest BCUT2D eigenvalue weighted by molar-refractivity contribution is 5.86. The molecule has 2 rings (SSSR count). The molecule has 0 fully saturated rings. The second-order valence-corrected chi connectivity index (χ2v) is 3.12. The van der Waals surface area contributed by atoms with Gasteiger partial charge < -0.3 is 4.42 Å². The van der Waals surface area contributed by atoms with Crippen molar-refractivity contribution in [1.82, 2.24) is 0 Å². The normalized spacial score (nSPS) is 10.4. The van der Waals surface area contributed by atoms with Crippen LogP contribution in [0, 0.1) is 6.92 Å². The van der Waals surface area contributed by atoms with Gasteiger partial charge >= 0.3 is 5.63 Å². The van der Waals surface area contributed by atoms with Crippen LogP contribution in [0.25, 0.3) is 11.0 Å². The third-order valence-corrected chi connectivity index (χ3v) is 2.11. The van der Waals surface area contributed by atoms with Crippen LogP contribution in [0.5, 0.6) is 0 Å². The molecule has 14 heavy (non-hydrogen) atoms. The molecular weight excluding hydrogens is 180 g/mol. The monoisotopic (exact) mass is 188 g/mol. The number of hydrogen-bond donors (Lipinski definition) is 0. The highest BCUT2D eigenvalue weighted by Crippen LogP contribution is 2.16. The Labute approximate surface area is 80.0 Å². The quantitative estimate of drug-likeness (QED) is 0.507. The molecule has 0 bridgehead atoms. The van der Waals surface area contributed by atoms with Gasteiger partial charge in [0.1, 0.15) is 11.9 Å². The Morgan fingerprint density at radius 3 is 2.79 bits per heavy atom. The molecule has 0 saturated heterocycles. The Morgan fingerprint density at radius 1 is 1.29 bits per heavy atom. The number of carbonyl (C=O) groups excluding carboxylic acids is 1. The Bertz CT molecular complexity index is 552. The van der Waals surface area contributed by atoms with Gasteiger partial charge in [-0.15, -0.1) is 0 Å². The fraction of sp³-hybridized carbons (Fsp3) is 0.0909. The summed E-state index contributed by atoms with van der Waals surface area (Å²) < 4.78 is 4.97. The van der Waals surface area contributed by atoms with Crippen LogP contribution < -0.4 is 5.63 Å². The molecule has 1 aromatic heterocycles. The summed E-state index contributed by atoms with van der Waals surface area (Å²) in [7, 11) is 0. The lowest BCUT2D eigenvalue weighted by Crippen LogP contribution is -1.97. The van der Waals surface area contributed by atoms with Gasteiger partial charge in [-0.25, -0.2) is 4.79 Å². The molecule has 0 aliphatic rings. The van der Waals surface area contributed by atoms with E-state index in [4.69, 9.17) is 4.42 Å². The number of hydrogen-bond acceptors (Lipinski definition) is 3. The summed E-state index contributed by atoms with van der Waals surface area (Å²) >= 11 is 0. The van der Waals surface area contributed by atoms with Gasteiger partial charge in [-0.3, -0.25) is 4.79 Å². The van der Waals surface area contributed by atoms with Crippen molar-refractivity contribution in [3.63, 3.8) is 0 Å². The fourth-order valence-electron chi connectivity index (χ4n) is 1.41. The highest BCUT2D eigenvalue weighted by atomic mass is 16.4. The van der Waals surface area contributed by atoms with Crippen molar-refractivity contribution >= 4 is 17.3 Å². The van der Waals surface area contributed by atoms with Gasteiger partial charge in [0.15, 0.2) is 0 Å². The van der Waals surface area contributed by atoms with Crippen LogP contribution in [0.1, 0.15) is 15.9 Å². The van der Waals surface area contributed by atoms with Gasteiger partial charge in [-0.2, -0.15) is 0 Å². The van der Waals surface area contributed by atoms with E-state index in [-0.39, 0.29) is 0 Å². The molecule has 0 spiro atoms. The Hall–Kier alpha value is -1.90. The van der Waals surface area contributed by atoms with Gasteiger partial charge in [0.25, 0.3) is 0 Å². The molecule has 0 atom stereocenters. The van der Waals surface area contributed by atoms with Crippen molar-refractivity contribution in [2.24, 2.45) is 0 Å². The van der Waals surface area contributed by atoms with E-state index in [0.29, 0.717) is 11.1 Å². The van der Waals surface area contributed by atoms with Crippen LogP contribution in [-0.2, 0) is 0 Å². The summed E-state index contributed by atoms with van der Waals surface area (Å²) in [6.07, 6.45) is 0.724. The van der Waals surface area contributed by atoms with E-state index in [1.807, 2.05) is 6.92 Å². The first-order chi connectivity index (χ1) is 6.70. The molecule has 0 unspecified atom stereocenters. The first kappa shape index (κ1) is 8.69. The Kier molecular flexibility index (Phi) is 1.93. The van der Waals surface area contributed by atoms with Crippen molar-refractivity contribution in [1.29, 1.82) is 0 Å². The van der Waals surface area contributed by atoms with E-state index in [0.717, 1.165) is 17.2 Å². The minimum Gasteiger partial charge on any atom is -0.423 e. The third kappa shape index (κ3) is 1.33. The molecule has 3 heteroatoms. The first-order valence-electron chi connectivity index (χ1n) is 4.20. The van der Waals surface area contributed by atoms with E-state index in [1.165, 1.54) is 6.07 Å². The molecule has 0 aliphatic heterocycles. The average molecular weight is 188 g/mol. The van der Waals surface area contributed by atoms with Crippen LogP contribution in [0.3, 0.4) is 0 Å². The van der Waals surface area contributed by atoms with Crippen LogP contribution in [0.2, 0.25) is 0 Å². The topological polar surface area (TPSA) is 47.3 Å². The number of carbonyl (C=O) groups is 1. The summed E-state index contributed by atoms with van der Waals surface area (Å²) in [6, 6.07) is 6.47. The maximum atomic E-state index is 11.0. The first-order valence-corrected chi connectivity index (χ1v) is 4.20. The Morgan fingerprint density at radius 2 is 2.07 bits per heavy atom. The average Bonchev–Trinajstić information content (AvgIpc) is 2.16. The summed E-state index contributed by atoms with van der Waals surface area (Å²) in [5, 5.41) is 0.857. The maximum absolute atomic E-state index is 11.0. The number of rotatable bonds is 1. The lowest BCUT2D eigenvalue weighted by atomic mass is 10.1. The van der Waals surface area contributed by atoms with E-state index in [9.17, 15) is 9.59 Å². The van der Waals surface area contributed by atoms with Gasteiger partial charge in [-0.1, -0.05) is 12.1 Å². The van der Waals surface area contributed by atoms with Crippen molar-refractivity contribution in [2.75, 3.05) is 0 Å². The number of aryl methyl sites for hydroxylation is 1. The molecule has 1 heterocycles. The predicted octanol–water partition coefficient (Wildman–Crippen LogP) is 1.91. The molecule has 0 radical (unpaired) electrons. The summed E-state index contributed by atoms with van der Waals surface area (Å²) in [5.41, 5.74) is 1.43. The molecule has 0 amide bonds. The summed E-state index contributed by atoms with van der Waals surface area (Å²) in [5.74, 6) is 0. The zero-order valence-electron chi connectivity index (χ0n) is 7.61. The minimum absolute atomic E-state index is 0.391. The highest BCUT2D eigenvalue weighted by Gasteiger charge is 2.02. The molecule has 0 aliphatic carbocycles. The van der Waals surface area contributed by atoms with E-state index >= 15 is 0 Å². The molecule has 0 N–H and O–H groups in total.